The predicted octanol–water partition coefficient (Wildman–Crippen LogP) is 3.97. The van der Waals surface area contributed by atoms with Gasteiger partial charge in [0.15, 0.2) is 0 Å². The summed E-state index contributed by atoms with van der Waals surface area (Å²) < 4.78 is 40.7. The van der Waals surface area contributed by atoms with E-state index in [9.17, 15) is 12.8 Å². The molecule has 0 amide bonds. The van der Waals surface area contributed by atoms with Crippen LogP contribution in [0.1, 0.15) is 18.5 Å². The summed E-state index contributed by atoms with van der Waals surface area (Å²) in [6, 6.07) is 12.8. The molecule has 0 fully saturated rings. The molecule has 112 valence electrons. The number of hydrogen-bond acceptors (Lipinski definition) is 2. The van der Waals surface area contributed by atoms with Gasteiger partial charge < -0.3 is 0 Å². The number of rotatable bonds is 4. The van der Waals surface area contributed by atoms with E-state index in [0.717, 1.165) is 11.6 Å². The molecule has 6 heteroatoms. The smallest absolute Gasteiger partial charge is 0.207 e. The number of hydrogen-bond donors (Lipinski definition) is 0. The number of benzene rings is 2. The van der Waals surface area contributed by atoms with Crippen molar-refractivity contribution < 1.29 is 12.8 Å². The fourth-order valence-electron chi connectivity index (χ4n) is 1.99. The molecule has 0 saturated heterocycles. The molecule has 2 aromatic rings. The van der Waals surface area contributed by atoms with E-state index in [2.05, 4.69) is 15.9 Å². The Labute approximate surface area is 132 Å². The van der Waals surface area contributed by atoms with Crippen molar-refractivity contribution in [1.29, 1.82) is 0 Å². The SMILES string of the molecule is CC(c1ccccc1)N(C)S(=O)(=O)c1ccc(Br)cc1F. The highest BCUT2D eigenvalue weighted by atomic mass is 79.9. The van der Waals surface area contributed by atoms with Crippen LogP contribution in [-0.2, 0) is 10.0 Å². The average Bonchev–Trinajstić information content (AvgIpc) is 2.46. The monoisotopic (exact) mass is 371 g/mol. The van der Waals surface area contributed by atoms with Crippen molar-refractivity contribution in [2.75, 3.05) is 7.05 Å². The van der Waals surface area contributed by atoms with Crippen LogP contribution in [0.15, 0.2) is 57.9 Å². The van der Waals surface area contributed by atoms with Gasteiger partial charge in [-0.05, 0) is 30.7 Å². The summed E-state index contributed by atoms with van der Waals surface area (Å²) in [4.78, 5) is -0.323. The van der Waals surface area contributed by atoms with E-state index >= 15 is 0 Å². The molecule has 21 heavy (non-hydrogen) atoms. The van der Waals surface area contributed by atoms with Crippen LogP contribution in [0, 0.1) is 5.82 Å². The van der Waals surface area contributed by atoms with E-state index in [-0.39, 0.29) is 10.9 Å². The van der Waals surface area contributed by atoms with Gasteiger partial charge >= 0.3 is 0 Å². The van der Waals surface area contributed by atoms with Crippen molar-refractivity contribution in [3.63, 3.8) is 0 Å². The van der Waals surface area contributed by atoms with Gasteiger partial charge in [-0.3, -0.25) is 0 Å². The van der Waals surface area contributed by atoms with Gasteiger partial charge in [0, 0.05) is 17.6 Å². The highest BCUT2D eigenvalue weighted by molar-refractivity contribution is 9.10. The van der Waals surface area contributed by atoms with Crippen LogP contribution in [0.5, 0.6) is 0 Å². The van der Waals surface area contributed by atoms with Gasteiger partial charge in [0.25, 0.3) is 0 Å². The van der Waals surface area contributed by atoms with Gasteiger partial charge in [-0.1, -0.05) is 46.3 Å². The zero-order valence-electron chi connectivity index (χ0n) is 11.6. The molecule has 0 aliphatic carbocycles. The van der Waals surface area contributed by atoms with Crippen molar-refractivity contribution in [1.82, 2.24) is 4.31 Å². The second-order valence-corrected chi connectivity index (χ2v) is 7.56. The minimum Gasteiger partial charge on any atom is -0.207 e. The van der Waals surface area contributed by atoms with Gasteiger partial charge in [0.05, 0.1) is 0 Å². The third-order valence-corrected chi connectivity index (χ3v) is 5.83. The molecule has 0 bridgehead atoms. The molecule has 0 aliphatic heterocycles. The first-order chi connectivity index (χ1) is 9.84. The summed E-state index contributed by atoms with van der Waals surface area (Å²) >= 11 is 3.12. The van der Waals surface area contributed by atoms with Crippen LogP contribution in [0.25, 0.3) is 0 Å². The van der Waals surface area contributed by atoms with Gasteiger partial charge in [-0.25, -0.2) is 12.8 Å². The second kappa shape index (κ2) is 6.25. The zero-order valence-corrected chi connectivity index (χ0v) is 14.0. The fourth-order valence-corrected chi connectivity index (χ4v) is 3.72. The lowest BCUT2D eigenvalue weighted by Gasteiger charge is -2.25. The molecular formula is C15H15BrFNO2S. The first-order valence-corrected chi connectivity index (χ1v) is 8.55. The van der Waals surface area contributed by atoms with Crippen molar-refractivity contribution in [2.24, 2.45) is 0 Å². The van der Waals surface area contributed by atoms with E-state index in [1.54, 1.807) is 6.92 Å². The maximum atomic E-state index is 13.9. The molecular weight excluding hydrogens is 357 g/mol. The Kier molecular flexibility index (Phi) is 4.81. The summed E-state index contributed by atoms with van der Waals surface area (Å²) in [7, 11) is -2.44. The third-order valence-electron chi connectivity index (χ3n) is 3.38. The standard InChI is InChI=1S/C15H15BrFNO2S/c1-11(12-6-4-3-5-7-12)18(2)21(19,20)15-9-8-13(16)10-14(15)17/h3-11H,1-2H3. The highest BCUT2D eigenvalue weighted by Crippen LogP contribution is 2.28. The molecule has 1 unspecified atom stereocenters. The molecule has 0 aromatic heterocycles. The average molecular weight is 372 g/mol. The molecule has 0 spiro atoms. The molecule has 0 radical (unpaired) electrons. The van der Waals surface area contributed by atoms with Crippen LogP contribution in [-0.4, -0.2) is 19.8 Å². The number of sulfonamides is 1. The molecule has 3 nitrogen and oxygen atoms in total. The fraction of sp³-hybridized carbons (Fsp3) is 0.200. The lowest BCUT2D eigenvalue weighted by molar-refractivity contribution is 0.395. The lowest BCUT2D eigenvalue weighted by atomic mass is 10.1. The molecule has 2 rings (SSSR count). The zero-order chi connectivity index (χ0) is 15.6. The summed E-state index contributed by atoms with van der Waals surface area (Å²) in [6.45, 7) is 1.77. The van der Waals surface area contributed by atoms with Gasteiger partial charge in [0.1, 0.15) is 10.7 Å². The Balaban J connectivity index is 2.39. The van der Waals surface area contributed by atoms with Crippen LogP contribution in [0.3, 0.4) is 0 Å². The van der Waals surface area contributed by atoms with Crippen molar-refractivity contribution in [3.05, 3.63) is 64.4 Å². The Hall–Kier alpha value is -1.24. The Morgan fingerprint density at radius 1 is 1.14 bits per heavy atom. The van der Waals surface area contributed by atoms with E-state index in [4.69, 9.17) is 0 Å². The summed E-state index contributed by atoms with van der Waals surface area (Å²) in [5.41, 5.74) is 0.848. The Morgan fingerprint density at radius 2 is 1.76 bits per heavy atom. The predicted molar refractivity (Wildman–Crippen MR) is 83.9 cm³/mol. The summed E-state index contributed by atoms with van der Waals surface area (Å²) in [6.07, 6.45) is 0. The van der Waals surface area contributed by atoms with Gasteiger partial charge in [-0.15, -0.1) is 0 Å². The largest absolute Gasteiger partial charge is 0.246 e. The summed E-state index contributed by atoms with van der Waals surface area (Å²) in [5, 5.41) is 0. The van der Waals surface area contributed by atoms with E-state index in [1.165, 1.54) is 23.5 Å². The normalized spacial score (nSPS) is 13.4. The molecule has 0 saturated carbocycles. The maximum absolute atomic E-state index is 13.9. The van der Waals surface area contributed by atoms with Crippen LogP contribution in [0.2, 0.25) is 0 Å². The van der Waals surface area contributed by atoms with E-state index in [0.29, 0.717) is 4.47 Å². The quantitative estimate of drug-likeness (QED) is 0.815. The highest BCUT2D eigenvalue weighted by Gasteiger charge is 2.28. The van der Waals surface area contributed by atoms with Crippen LogP contribution >= 0.6 is 15.9 Å². The third kappa shape index (κ3) is 3.33. The van der Waals surface area contributed by atoms with Crippen molar-refractivity contribution in [3.8, 4) is 0 Å². The van der Waals surface area contributed by atoms with Crippen molar-refractivity contribution in [2.45, 2.75) is 17.9 Å². The second-order valence-electron chi connectivity index (χ2n) is 4.68. The Bertz CT molecular complexity index is 735. The van der Waals surface area contributed by atoms with E-state index < -0.39 is 15.8 Å². The van der Waals surface area contributed by atoms with Gasteiger partial charge in [0.2, 0.25) is 10.0 Å². The number of halogens is 2. The topological polar surface area (TPSA) is 37.4 Å². The molecule has 1 atom stereocenters. The van der Waals surface area contributed by atoms with Gasteiger partial charge in [-0.2, -0.15) is 4.31 Å². The molecule has 2 aromatic carbocycles. The molecule has 0 N–H and O–H groups in total. The molecule has 0 heterocycles. The minimum atomic E-state index is -3.90. The first kappa shape index (κ1) is 16.1. The first-order valence-electron chi connectivity index (χ1n) is 6.32. The molecule has 0 aliphatic rings. The minimum absolute atomic E-state index is 0.323. The van der Waals surface area contributed by atoms with Crippen molar-refractivity contribution >= 4 is 26.0 Å². The van der Waals surface area contributed by atoms with E-state index in [1.807, 2.05) is 30.3 Å². The van der Waals surface area contributed by atoms with Crippen LogP contribution < -0.4 is 0 Å². The lowest BCUT2D eigenvalue weighted by Crippen LogP contribution is -2.30. The van der Waals surface area contributed by atoms with Crippen LogP contribution in [0.4, 0.5) is 4.39 Å². The summed E-state index contributed by atoms with van der Waals surface area (Å²) in [5.74, 6) is -0.767. The Morgan fingerprint density at radius 3 is 2.33 bits per heavy atom. The number of nitrogens with zero attached hydrogens (tertiary/aromatic N) is 1. The maximum Gasteiger partial charge on any atom is 0.246 e.